The summed E-state index contributed by atoms with van der Waals surface area (Å²) < 4.78 is 66.4. The molecule has 0 spiro atoms. The molecule has 2 aromatic carbocycles. The van der Waals surface area contributed by atoms with Crippen molar-refractivity contribution >= 4 is 27.3 Å². The van der Waals surface area contributed by atoms with E-state index < -0.39 is 32.4 Å². The van der Waals surface area contributed by atoms with Crippen LogP contribution in [0.25, 0.3) is 0 Å². The molecule has 112 valence electrons. The lowest BCUT2D eigenvalue weighted by molar-refractivity contribution is 0.519. The van der Waals surface area contributed by atoms with Crippen molar-refractivity contribution in [3.8, 4) is 0 Å². The lowest BCUT2D eigenvalue weighted by Crippen LogP contribution is -2.16. The topological polar surface area (TPSA) is 46.2 Å². The summed E-state index contributed by atoms with van der Waals surface area (Å²) in [7, 11) is -4.50. The van der Waals surface area contributed by atoms with Crippen LogP contribution < -0.4 is 4.72 Å². The quantitative estimate of drug-likeness (QED) is 0.925. The van der Waals surface area contributed by atoms with Crippen molar-refractivity contribution in [3.05, 3.63) is 58.4 Å². The van der Waals surface area contributed by atoms with Gasteiger partial charge in [0.25, 0.3) is 10.0 Å². The molecule has 2 aromatic rings. The number of hydrogen-bond acceptors (Lipinski definition) is 2. The van der Waals surface area contributed by atoms with Crippen molar-refractivity contribution in [3.63, 3.8) is 0 Å². The molecule has 1 N–H and O–H groups in total. The molecule has 8 heteroatoms. The average Bonchev–Trinajstić information content (AvgIpc) is 2.31. The summed E-state index contributed by atoms with van der Waals surface area (Å²) in [6, 6.07) is 4.81. The first-order valence-corrected chi connectivity index (χ1v) is 7.50. The van der Waals surface area contributed by atoms with Crippen molar-refractivity contribution in [2.75, 3.05) is 4.72 Å². The Morgan fingerprint density at radius 3 is 2.10 bits per heavy atom. The van der Waals surface area contributed by atoms with E-state index in [1.807, 2.05) is 4.72 Å². The predicted molar refractivity (Wildman–Crippen MR) is 73.3 cm³/mol. The van der Waals surface area contributed by atoms with Crippen LogP contribution >= 0.6 is 11.6 Å². The van der Waals surface area contributed by atoms with E-state index >= 15 is 0 Å². The van der Waals surface area contributed by atoms with Gasteiger partial charge < -0.3 is 0 Å². The van der Waals surface area contributed by atoms with Crippen molar-refractivity contribution in [2.24, 2.45) is 0 Å². The second kappa shape index (κ2) is 5.57. The summed E-state index contributed by atoms with van der Waals surface area (Å²) in [5.41, 5.74) is 0.134. The minimum absolute atomic E-state index is 0.110. The standard InChI is InChI=1S/C13H9ClF3NO2S/c1-7-4-11(16)13(12(17)5-7)21(19,20)18-8-2-3-10(15)9(14)6-8/h2-6,18H,1H3. The van der Waals surface area contributed by atoms with E-state index in [4.69, 9.17) is 11.6 Å². The van der Waals surface area contributed by atoms with Gasteiger partial charge in [-0.3, -0.25) is 4.72 Å². The SMILES string of the molecule is Cc1cc(F)c(S(=O)(=O)Nc2ccc(F)c(Cl)c2)c(F)c1. The zero-order valence-electron chi connectivity index (χ0n) is 10.6. The maximum Gasteiger partial charge on any atom is 0.267 e. The third-order valence-corrected chi connectivity index (χ3v) is 4.30. The lowest BCUT2D eigenvalue weighted by Gasteiger charge is -2.10. The highest BCUT2D eigenvalue weighted by atomic mass is 35.5. The molecular weight excluding hydrogens is 327 g/mol. The molecule has 0 atom stereocenters. The zero-order valence-corrected chi connectivity index (χ0v) is 12.2. The first kappa shape index (κ1) is 15.7. The molecule has 0 aliphatic heterocycles. The third kappa shape index (κ3) is 3.30. The Hall–Kier alpha value is -1.73. The van der Waals surface area contributed by atoms with Gasteiger partial charge in [0.1, 0.15) is 17.5 Å². The molecule has 0 aliphatic carbocycles. The van der Waals surface area contributed by atoms with Crippen molar-refractivity contribution < 1.29 is 21.6 Å². The van der Waals surface area contributed by atoms with E-state index in [1.165, 1.54) is 6.92 Å². The first-order valence-electron chi connectivity index (χ1n) is 5.64. The maximum absolute atomic E-state index is 13.7. The fraction of sp³-hybridized carbons (Fsp3) is 0.0769. The fourth-order valence-corrected chi connectivity index (χ4v) is 3.06. The van der Waals surface area contributed by atoms with Crippen LogP contribution in [-0.4, -0.2) is 8.42 Å². The molecule has 0 radical (unpaired) electrons. The van der Waals surface area contributed by atoms with Crippen LogP contribution in [0.4, 0.5) is 18.9 Å². The van der Waals surface area contributed by atoms with E-state index in [9.17, 15) is 21.6 Å². The fourth-order valence-electron chi connectivity index (χ4n) is 1.71. The van der Waals surface area contributed by atoms with Gasteiger partial charge >= 0.3 is 0 Å². The van der Waals surface area contributed by atoms with Crippen LogP contribution in [0.5, 0.6) is 0 Å². The molecule has 0 amide bonds. The molecule has 2 rings (SSSR count). The van der Waals surface area contributed by atoms with Gasteiger partial charge in [0, 0.05) is 0 Å². The summed E-state index contributed by atoms with van der Waals surface area (Å²) in [6.07, 6.45) is 0. The Morgan fingerprint density at radius 1 is 1.00 bits per heavy atom. The van der Waals surface area contributed by atoms with Gasteiger partial charge in [-0.15, -0.1) is 0 Å². The molecule has 0 aromatic heterocycles. The van der Waals surface area contributed by atoms with Gasteiger partial charge in [-0.2, -0.15) is 0 Å². The largest absolute Gasteiger partial charge is 0.279 e. The summed E-state index contributed by atoms with van der Waals surface area (Å²) in [5, 5.41) is -0.319. The molecule has 0 fully saturated rings. The van der Waals surface area contributed by atoms with Gasteiger partial charge in [0.2, 0.25) is 0 Å². The summed E-state index contributed by atoms with van der Waals surface area (Å²) in [6.45, 7) is 1.43. The highest BCUT2D eigenvalue weighted by Crippen LogP contribution is 2.25. The highest BCUT2D eigenvalue weighted by Gasteiger charge is 2.24. The van der Waals surface area contributed by atoms with E-state index in [0.29, 0.717) is 0 Å². The lowest BCUT2D eigenvalue weighted by atomic mass is 10.2. The van der Waals surface area contributed by atoms with Crippen molar-refractivity contribution in [2.45, 2.75) is 11.8 Å². The molecular formula is C13H9ClF3NO2S. The molecule has 0 aliphatic rings. The minimum atomic E-state index is -4.50. The molecule has 3 nitrogen and oxygen atoms in total. The van der Waals surface area contributed by atoms with Gasteiger partial charge in [-0.05, 0) is 42.8 Å². The first-order chi connectivity index (χ1) is 9.70. The van der Waals surface area contributed by atoms with Crippen LogP contribution in [0.2, 0.25) is 5.02 Å². The normalized spacial score (nSPS) is 11.5. The number of sulfonamides is 1. The highest BCUT2D eigenvalue weighted by molar-refractivity contribution is 7.92. The van der Waals surface area contributed by atoms with Gasteiger partial charge in [0.05, 0.1) is 10.7 Å². The van der Waals surface area contributed by atoms with Crippen LogP contribution in [0, 0.1) is 24.4 Å². The Labute approximate surface area is 124 Å². The Kier molecular flexibility index (Phi) is 4.15. The average molecular weight is 336 g/mol. The third-order valence-electron chi connectivity index (χ3n) is 2.58. The molecule has 0 saturated carbocycles. The Morgan fingerprint density at radius 2 is 1.57 bits per heavy atom. The molecule has 0 heterocycles. The van der Waals surface area contributed by atoms with Crippen molar-refractivity contribution in [1.29, 1.82) is 0 Å². The van der Waals surface area contributed by atoms with E-state index in [1.54, 1.807) is 0 Å². The van der Waals surface area contributed by atoms with Gasteiger partial charge in [-0.1, -0.05) is 11.6 Å². The van der Waals surface area contributed by atoms with E-state index in [-0.39, 0.29) is 16.3 Å². The molecule has 0 saturated heterocycles. The van der Waals surface area contributed by atoms with Crippen LogP contribution in [0.15, 0.2) is 35.2 Å². The number of aryl methyl sites for hydroxylation is 1. The number of hydrogen-bond donors (Lipinski definition) is 1. The van der Waals surface area contributed by atoms with Crippen LogP contribution in [0.3, 0.4) is 0 Å². The second-order valence-electron chi connectivity index (χ2n) is 4.29. The number of nitrogens with one attached hydrogen (secondary N) is 1. The predicted octanol–water partition coefficient (Wildman–Crippen LogP) is 3.87. The zero-order chi connectivity index (χ0) is 15.8. The number of rotatable bonds is 3. The smallest absolute Gasteiger partial charge is 0.267 e. The number of benzene rings is 2. The Balaban J connectivity index is 2.46. The summed E-state index contributed by atoms with van der Waals surface area (Å²) >= 11 is 5.51. The van der Waals surface area contributed by atoms with Gasteiger partial charge in [0.15, 0.2) is 4.90 Å². The van der Waals surface area contributed by atoms with Gasteiger partial charge in [-0.25, -0.2) is 21.6 Å². The van der Waals surface area contributed by atoms with E-state index in [0.717, 1.165) is 30.3 Å². The molecule has 0 bridgehead atoms. The maximum atomic E-state index is 13.7. The molecule has 21 heavy (non-hydrogen) atoms. The Bertz CT molecular complexity index is 786. The summed E-state index contributed by atoms with van der Waals surface area (Å²) in [4.78, 5) is -1.10. The minimum Gasteiger partial charge on any atom is -0.279 e. The monoisotopic (exact) mass is 335 g/mol. The second-order valence-corrected chi connectivity index (χ2v) is 6.32. The van der Waals surface area contributed by atoms with Crippen LogP contribution in [0.1, 0.15) is 5.56 Å². The number of anilines is 1. The van der Waals surface area contributed by atoms with Crippen LogP contribution in [-0.2, 0) is 10.0 Å². The van der Waals surface area contributed by atoms with Crippen molar-refractivity contribution in [1.82, 2.24) is 0 Å². The summed E-state index contributed by atoms with van der Waals surface area (Å²) in [5.74, 6) is -3.17. The molecule has 0 unspecified atom stereocenters. The number of halogens is 4. The van der Waals surface area contributed by atoms with E-state index in [2.05, 4.69) is 0 Å².